The molecule has 1 fully saturated rings. The van der Waals surface area contributed by atoms with Gasteiger partial charge in [-0.25, -0.2) is 4.98 Å². The highest BCUT2D eigenvalue weighted by Crippen LogP contribution is 2.48. The standard InChI is InChI=1S/C13H13ClN2O2/c1-2-16-11-9(14)4-3-5-10(11)15-12(16)7-6-8(7)13(17)18/h3-5,7-8H,2,6H2,1H3,(H,17,18). The molecule has 0 aliphatic heterocycles. The summed E-state index contributed by atoms with van der Waals surface area (Å²) in [7, 11) is 0. The highest BCUT2D eigenvalue weighted by atomic mass is 35.5. The highest BCUT2D eigenvalue weighted by molar-refractivity contribution is 6.35. The van der Waals surface area contributed by atoms with Crippen LogP contribution in [-0.2, 0) is 11.3 Å². The molecular formula is C13H13ClN2O2. The number of nitrogens with zero attached hydrogens (tertiary/aromatic N) is 2. The maximum atomic E-state index is 11.0. The van der Waals surface area contributed by atoms with Crippen LogP contribution in [0.15, 0.2) is 18.2 Å². The monoisotopic (exact) mass is 264 g/mol. The van der Waals surface area contributed by atoms with Gasteiger partial charge in [0.05, 0.1) is 22.0 Å². The summed E-state index contributed by atoms with van der Waals surface area (Å²) in [5.74, 6) is -0.134. The summed E-state index contributed by atoms with van der Waals surface area (Å²) in [6, 6.07) is 5.61. The van der Waals surface area contributed by atoms with Gasteiger partial charge in [0.25, 0.3) is 0 Å². The molecule has 1 aromatic carbocycles. The number of fused-ring (bicyclic) bond motifs is 1. The molecule has 4 nitrogen and oxygen atoms in total. The fourth-order valence-corrected chi connectivity index (χ4v) is 2.79. The molecule has 1 aliphatic carbocycles. The summed E-state index contributed by atoms with van der Waals surface area (Å²) >= 11 is 6.20. The lowest BCUT2D eigenvalue weighted by Crippen LogP contribution is -2.05. The van der Waals surface area contributed by atoms with E-state index in [1.54, 1.807) is 0 Å². The van der Waals surface area contributed by atoms with Gasteiger partial charge in [0.1, 0.15) is 5.82 Å². The van der Waals surface area contributed by atoms with E-state index in [2.05, 4.69) is 4.98 Å². The topological polar surface area (TPSA) is 55.1 Å². The molecule has 0 bridgehead atoms. The van der Waals surface area contributed by atoms with Gasteiger partial charge in [-0.2, -0.15) is 0 Å². The van der Waals surface area contributed by atoms with Gasteiger partial charge >= 0.3 is 5.97 Å². The van der Waals surface area contributed by atoms with Crippen molar-refractivity contribution in [2.45, 2.75) is 25.8 Å². The molecule has 1 N–H and O–H groups in total. The van der Waals surface area contributed by atoms with Crippen molar-refractivity contribution in [1.29, 1.82) is 0 Å². The predicted molar refractivity (Wildman–Crippen MR) is 68.9 cm³/mol. The Labute approximate surface area is 109 Å². The smallest absolute Gasteiger partial charge is 0.307 e. The molecule has 2 unspecified atom stereocenters. The third-order valence-corrected chi connectivity index (χ3v) is 3.81. The number of benzene rings is 1. The van der Waals surface area contributed by atoms with Gasteiger partial charge in [-0.3, -0.25) is 4.79 Å². The van der Waals surface area contributed by atoms with Crippen LogP contribution in [0.5, 0.6) is 0 Å². The first-order valence-corrected chi connectivity index (χ1v) is 6.38. The minimum Gasteiger partial charge on any atom is -0.481 e. The first kappa shape index (κ1) is 11.5. The molecule has 0 spiro atoms. The van der Waals surface area contributed by atoms with Crippen LogP contribution in [-0.4, -0.2) is 20.6 Å². The Morgan fingerprint density at radius 1 is 1.61 bits per heavy atom. The van der Waals surface area contributed by atoms with E-state index in [4.69, 9.17) is 16.7 Å². The van der Waals surface area contributed by atoms with E-state index < -0.39 is 5.97 Å². The summed E-state index contributed by atoms with van der Waals surface area (Å²) in [5.41, 5.74) is 1.75. The number of aromatic nitrogens is 2. The van der Waals surface area contributed by atoms with Gasteiger partial charge in [0, 0.05) is 12.5 Å². The van der Waals surface area contributed by atoms with Crippen LogP contribution in [0.25, 0.3) is 11.0 Å². The van der Waals surface area contributed by atoms with Crippen molar-refractivity contribution in [1.82, 2.24) is 9.55 Å². The van der Waals surface area contributed by atoms with Gasteiger partial charge in [0.15, 0.2) is 0 Å². The predicted octanol–water partition coefficient (Wildman–Crippen LogP) is 2.90. The van der Waals surface area contributed by atoms with Crippen molar-refractivity contribution >= 4 is 28.6 Å². The number of carboxylic acid groups (broad SMARTS) is 1. The lowest BCUT2D eigenvalue weighted by atomic mass is 10.3. The summed E-state index contributed by atoms with van der Waals surface area (Å²) in [6.45, 7) is 2.77. The van der Waals surface area contributed by atoms with E-state index in [0.29, 0.717) is 11.4 Å². The van der Waals surface area contributed by atoms with Crippen LogP contribution in [0.1, 0.15) is 25.1 Å². The Balaban J connectivity index is 2.13. The molecular weight excluding hydrogens is 252 g/mol. The van der Waals surface area contributed by atoms with E-state index >= 15 is 0 Å². The Bertz CT molecular complexity index is 635. The van der Waals surface area contributed by atoms with Crippen molar-refractivity contribution in [3.8, 4) is 0 Å². The minimum absolute atomic E-state index is 0.0333. The van der Waals surface area contributed by atoms with Crippen molar-refractivity contribution in [2.75, 3.05) is 0 Å². The van der Waals surface area contributed by atoms with Crippen LogP contribution >= 0.6 is 11.6 Å². The second-order valence-electron chi connectivity index (χ2n) is 4.61. The molecule has 18 heavy (non-hydrogen) atoms. The maximum absolute atomic E-state index is 11.0. The molecule has 1 aromatic heterocycles. The number of rotatable bonds is 3. The number of imidazole rings is 1. The summed E-state index contributed by atoms with van der Waals surface area (Å²) in [6.07, 6.45) is 0.677. The van der Waals surface area contributed by atoms with Gasteiger partial charge < -0.3 is 9.67 Å². The van der Waals surface area contributed by atoms with Crippen molar-refractivity contribution in [3.05, 3.63) is 29.0 Å². The molecule has 0 saturated heterocycles. The molecule has 1 aliphatic rings. The molecule has 2 atom stereocenters. The Morgan fingerprint density at radius 2 is 2.39 bits per heavy atom. The highest BCUT2D eigenvalue weighted by Gasteiger charge is 2.47. The second-order valence-corrected chi connectivity index (χ2v) is 5.02. The normalized spacial score (nSPS) is 22.3. The first-order chi connectivity index (χ1) is 8.63. The molecule has 3 rings (SSSR count). The van der Waals surface area contributed by atoms with E-state index in [-0.39, 0.29) is 11.8 Å². The summed E-state index contributed by atoms with van der Waals surface area (Å²) in [4.78, 5) is 15.5. The lowest BCUT2D eigenvalue weighted by Gasteiger charge is -2.05. The lowest BCUT2D eigenvalue weighted by molar-refractivity contribution is -0.138. The van der Waals surface area contributed by atoms with Crippen LogP contribution in [0.4, 0.5) is 0 Å². The van der Waals surface area contributed by atoms with Crippen molar-refractivity contribution in [3.63, 3.8) is 0 Å². The van der Waals surface area contributed by atoms with E-state index in [9.17, 15) is 4.79 Å². The van der Waals surface area contributed by atoms with Gasteiger partial charge in [-0.1, -0.05) is 17.7 Å². The number of para-hydroxylation sites is 1. The number of hydrogen-bond acceptors (Lipinski definition) is 2. The third-order valence-electron chi connectivity index (χ3n) is 3.50. The van der Waals surface area contributed by atoms with Crippen LogP contribution < -0.4 is 0 Å². The van der Waals surface area contributed by atoms with Crippen molar-refractivity contribution < 1.29 is 9.90 Å². The fourth-order valence-electron chi connectivity index (χ4n) is 2.52. The van der Waals surface area contributed by atoms with E-state index in [1.165, 1.54) is 0 Å². The fraction of sp³-hybridized carbons (Fsp3) is 0.385. The molecule has 0 radical (unpaired) electrons. The van der Waals surface area contributed by atoms with E-state index in [1.807, 2.05) is 29.7 Å². The molecule has 1 heterocycles. The van der Waals surface area contributed by atoms with Crippen molar-refractivity contribution in [2.24, 2.45) is 5.92 Å². The first-order valence-electron chi connectivity index (χ1n) is 6.01. The van der Waals surface area contributed by atoms with Gasteiger partial charge in [-0.15, -0.1) is 0 Å². The van der Waals surface area contributed by atoms with Gasteiger partial charge in [-0.05, 0) is 25.5 Å². The number of aliphatic carboxylic acids is 1. The third kappa shape index (κ3) is 1.60. The van der Waals surface area contributed by atoms with Crippen LogP contribution in [0, 0.1) is 5.92 Å². The average molecular weight is 265 g/mol. The molecule has 94 valence electrons. The molecule has 0 amide bonds. The molecule has 5 heteroatoms. The minimum atomic E-state index is -0.735. The summed E-state index contributed by atoms with van der Waals surface area (Å²) < 4.78 is 2.03. The number of halogens is 1. The molecule has 1 saturated carbocycles. The average Bonchev–Trinajstić information content (AvgIpc) is 3.04. The number of carboxylic acids is 1. The zero-order valence-electron chi connectivity index (χ0n) is 9.93. The zero-order valence-corrected chi connectivity index (χ0v) is 10.7. The van der Waals surface area contributed by atoms with Crippen LogP contribution in [0.2, 0.25) is 5.02 Å². The zero-order chi connectivity index (χ0) is 12.9. The molecule has 2 aromatic rings. The summed E-state index contributed by atoms with van der Waals surface area (Å²) in [5, 5.41) is 9.68. The maximum Gasteiger partial charge on any atom is 0.307 e. The van der Waals surface area contributed by atoms with E-state index in [0.717, 1.165) is 23.4 Å². The number of hydrogen-bond donors (Lipinski definition) is 1. The van der Waals surface area contributed by atoms with Crippen LogP contribution in [0.3, 0.4) is 0 Å². The largest absolute Gasteiger partial charge is 0.481 e. The SMILES string of the molecule is CCn1c(C2CC2C(=O)O)nc2cccc(Cl)c21. The quantitative estimate of drug-likeness (QED) is 0.927. The Hall–Kier alpha value is -1.55. The van der Waals surface area contributed by atoms with Gasteiger partial charge in [0.2, 0.25) is 0 Å². The Morgan fingerprint density at radius 3 is 3.00 bits per heavy atom. The Kier molecular flexibility index (Phi) is 2.55. The number of carbonyl (C=O) groups is 1. The number of aryl methyl sites for hydroxylation is 1. The second kappa shape index (κ2) is 3.99.